The second-order valence-electron chi connectivity index (χ2n) is 8.77. The normalized spacial score (nSPS) is 12.2. The molecule has 3 aromatic carbocycles. The van der Waals surface area contributed by atoms with Gasteiger partial charge in [0.1, 0.15) is 27.2 Å². The number of thiazole rings is 1. The summed E-state index contributed by atoms with van der Waals surface area (Å²) >= 11 is 1.68. The number of oxime groups is 1. The van der Waals surface area contributed by atoms with Crippen LogP contribution in [-0.4, -0.2) is 36.4 Å². The lowest BCUT2D eigenvalue weighted by molar-refractivity contribution is -0.00211. The molecule has 0 fully saturated rings. The van der Waals surface area contributed by atoms with Gasteiger partial charge in [0.05, 0.1) is 0 Å². The molecule has 0 radical (unpaired) electrons. The van der Waals surface area contributed by atoms with Gasteiger partial charge < -0.3 is 25.3 Å². The number of aromatic nitrogens is 1. The summed E-state index contributed by atoms with van der Waals surface area (Å²) in [5, 5.41) is 14.0. The van der Waals surface area contributed by atoms with Gasteiger partial charge in [-0.3, -0.25) is 0 Å². The van der Waals surface area contributed by atoms with Crippen molar-refractivity contribution in [3.8, 4) is 33.3 Å². The zero-order chi connectivity index (χ0) is 26.2. The predicted molar refractivity (Wildman–Crippen MR) is 151 cm³/mol. The Balaban J connectivity index is 1.51. The molecule has 3 N–H and O–H groups in total. The smallest absolute Gasteiger partial charge is 0.241 e. The number of unbranched alkanes of at least 4 members (excludes halogenated alkanes) is 1. The lowest BCUT2D eigenvalue weighted by Gasteiger charge is -2.21. The summed E-state index contributed by atoms with van der Waals surface area (Å²) in [6.07, 6.45) is 2.31. The fourth-order valence-corrected chi connectivity index (χ4v) is 4.79. The van der Waals surface area contributed by atoms with Gasteiger partial charge in [0.15, 0.2) is 5.84 Å². The summed E-state index contributed by atoms with van der Waals surface area (Å²) in [4.78, 5) is 7.06. The van der Waals surface area contributed by atoms with Crippen LogP contribution >= 0.6 is 11.3 Å². The highest BCUT2D eigenvalue weighted by Gasteiger charge is 2.17. The van der Waals surface area contributed by atoms with Crippen LogP contribution in [0.5, 0.6) is 11.5 Å². The second-order valence-corrected chi connectivity index (χ2v) is 9.75. The van der Waals surface area contributed by atoms with Crippen LogP contribution in [0.3, 0.4) is 0 Å². The third kappa shape index (κ3) is 6.59. The molecule has 8 heteroatoms. The van der Waals surface area contributed by atoms with Crippen molar-refractivity contribution in [3.63, 3.8) is 0 Å². The van der Waals surface area contributed by atoms with E-state index >= 15 is 0 Å². The van der Waals surface area contributed by atoms with E-state index < -0.39 is 6.29 Å². The summed E-state index contributed by atoms with van der Waals surface area (Å²) in [5.41, 5.74) is 9.35. The Morgan fingerprint density at radius 2 is 1.57 bits per heavy atom. The van der Waals surface area contributed by atoms with Crippen LogP contribution < -0.4 is 20.1 Å². The van der Waals surface area contributed by atoms with Gasteiger partial charge in [-0.1, -0.05) is 60.2 Å². The van der Waals surface area contributed by atoms with Crippen molar-refractivity contribution in [1.29, 1.82) is 0 Å². The predicted octanol–water partition coefficient (Wildman–Crippen LogP) is 6.61. The first kappa shape index (κ1) is 26.0. The lowest BCUT2D eigenvalue weighted by Crippen LogP contribution is -2.24. The summed E-state index contributed by atoms with van der Waals surface area (Å²) in [6, 6.07) is 25.3. The molecular weight excluding hydrogens is 484 g/mol. The van der Waals surface area contributed by atoms with Crippen molar-refractivity contribution in [1.82, 2.24) is 4.98 Å². The van der Waals surface area contributed by atoms with Gasteiger partial charge in [-0.2, -0.15) is 0 Å². The van der Waals surface area contributed by atoms with Gasteiger partial charge in [-0.25, -0.2) is 4.98 Å². The molecule has 0 aliphatic heterocycles. The van der Waals surface area contributed by atoms with E-state index in [9.17, 15) is 0 Å². The molecule has 0 aliphatic carbocycles. The van der Waals surface area contributed by atoms with Crippen LogP contribution in [-0.2, 0) is 0 Å². The van der Waals surface area contributed by atoms with E-state index in [0.29, 0.717) is 11.3 Å². The molecule has 0 spiro atoms. The standard InChI is InChI=1S/C29H32N4O3S/c1-4-5-11-25(36-24-18-14-21(15-19-24)27(30)32-34)35-23-16-12-20(13-17-23)26-29(33(2)3)37-28(31-26)22-9-7-6-8-10-22/h6-10,12-19,25,34H,4-5,11H2,1-3H3,(H2,30,32). The second kappa shape index (κ2) is 12.3. The third-order valence-corrected chi connectivity index (χ3v) is 7.02. The SMILES string of the molecule is CCCCC(Oc1ccc(C(N)=NO)cc1)Oc1ccc(-c2nc(-c3ccccc3)sc2N(C)C)cc1. The number of anilines is 1. The monoisotopic (exact) mass is 516 g/mol. The molecule has 1 atom stereocenters. The van der Waals surface area contributed by atoms with Gasteiger partial charge >= 0.3 is 0 Å². The zero-order valence-electron chi connectivity index (χ0n) is 21.3. The maximum Gasteiger partial charge on any atom is 0.241 e. The molecule has 7 nitrogen and oxygen atoms in total. The number of amidine groups is 1. The average molecular weight is 517 g/mol. The van der Waals surface area contributed by atoms with Crippen molar-refractivity contribution in [2.75, 3.05) is 19.0 Å². The van der Waals surface area contributed by atoms with Gasteiger partial charge in [-0.05, 0) is 55.0 Å². The van der Waals surface area contributed by atoms with Gasteiger partial charge in [0.2, 0.25) is 6.29 Å². The molecule has 0 bridgehead atoms. The molecule has 1 aromatic heterocycles. The van der Waals surface area contributed by atoms with Crippen molar-refractivity contribution in [3.05, 3.63) is 84.4 Å². The fraction of sp³-hybridized carbons (Fsp3) is 0.241. The molecule has 192 valence electrons. The van der Waals surface area contributed by atoms with Crippen molar-refractivity contribution in [2.45, 2.75) is 32.5 Å². The van der Waals surface area contributed by atoms with E-state index in [1.165, 1.54) is 0 Å². The van der Waals surface area contributed by atoms with Crippen molar-refractivity contribution < 1.29 is 14.7 Å². The lowest BCUT2D eigenvalue weighted by atomic mass is 10.1. The van der Waals surface area contributed by atoms with Crippen LogP contribution in [0.4, 0.5) is 5.00 Å². The quantitative estimate of drug-likeness (QED) is 0.0766. The van der Waals surface area contributed by atoms with E-state index in [2.05, 4.69) is 29.1 Å². The number of rotatable bonds is 11. The van der Waals surface area contributed by atoms with Crippen LogP contribution in [0.25, 0.3) is 21.8 Å². The Labute approximate surface area is 221 Å². The molecule has 37 heavy (non-hydrogen) atoms. The minimum atomic E-state index is -0.443. The van der Waals surface area contributed by atoms with Gasteiger partial charge in [0, 0.05) is 37.2 Å². The van der Waals surface area contributed by atoms with E-state index in [1.54, 1.807) is 35.6 Å². The van der Waals surface area contributed by atoms with Crippen LogP contribution in [0.2, 0.25) is 0 Å². The molecule has 0 aliphatic rings. The molecule has 0 saturated carbocycles. The third-order valence-electron chi connectivity index (χ3n) is 5.75. The number of hydrogen-bond donors (Lipinski definition) is 2. The maximum absolute atomic E-state index is 8.86. The van der Waals surface area contributed by atoms with Crippen molar-refractivity contribution in [2.24, 2.45) is 10.9 Å². The molecular formula is C29H32N4O3S. The number of hydrogen-bond acceptors (Lipinski definition) is 7. The van der Waals surface area contributed by atoms with E-state index in [1.807, 2.05) is 56.6 Å². The Kier molecular flexibility index (Phi) is 8.64. The van der Waals surface area contributed by atoms with Crippen molar-refractivity contribution >= 4 is 22.2 Å². The Morgan fingerprint density at radius 3 is 2.14 bits per heavy atom. The average Bonchev–Trinajstić information content (AvgIpc) is 3.39. The maximum atomic E-state index is 8.86. The molecule has 4 rings (SSSR count). The number of ether oxygens (including phenoxy) is 2. The van der Waals surface area contributed by atoms with E-state index in [4.69, 9.17) is 25.4 Å². The largest absolute Gasteiger partial charge is 0.455 e. The van der Waals surface area contributed by atoms with Gasteiger partial charge in [-0.15, -0.1) is 0 Å². The Morgan fingerprint density at radius 1 is 0.946 bits per heavy atom. The molecule has 0 amide bonds. The Bertz CT molecular complexity index is 1300. The first-order valence-electron chi connectivity index (χ1n) is 12.2. The first-order valence-corrected chi connectivity index (χ1v) is 13.1. The molecule has 0 saturated heterocycles. The number of nitrogens with zero attached hydrogens (tertiary/aromatic N) is 3. The zero-order valence-corrected chi connectivity index (χ0v) is 22.1. The summed E-state index contributed by atoms with van der Waals surface area (Å²) in [5.74, 6) is 1.43. The highest BCUT2D eigenvalue weighted by atomic mass is 32.1. The minimum Gasteiger partial charge on any atom is -0.455 e. The summed E-state index contributed by atoms with van der Waals surface area (Å²) in [7, 11) is 4.08. The number of nitrogens with two attached hydrogens (primary N) is 1. The van der Waals surface area contributed by atoms with Gasteiger partial charge in [0.25, 0.3) is 0 Å². The topological polar surface area (TPSA) is 93.2 Å². The van der Waals surface area contributed by atoms with Crippen LogP contribution in [0.1, 0.15) is 31.7 Å². The summed E-state index contributed by atoms with van der Waals surface area (Å²) in [6.45, 7) is 2.14. The van der Waals surface area contributed by atoms with E-state index in [0.717, 1.165) is 51.8 Å². The molecule has 1 unspecified atom stereocenters. The molecule has 4 aromatic rings. The fourth-order valence-electron chi connectivity index (χ4n) is 3.78. The first-order chi connectivity index (χ1) is 18.0. The van der Waals surface area contributed by atoms with Crippen LogP contribution in [0, 0.1) is 0 Å². The summed E-state index contributed by atoms with van der Waals surface area (Å²) < 4.78 is 12.3. The minimum absolute atomic E-state index is 0.0545. The highest BCUT2D eigenvalue weighted by molar-refractivity contribution is 7.19. The molecule has 1 heterocycles. The van der Waals surface area contributed by atoms with Crippen LogP contribution in [0.15, 0.2) is 84.0 Å². The highest BCUT2D eigenvalue weighted by Crippen LogP contribution is 2.39. The Hall–Kier alpha value is -4.04. The number of benzene rings is 3. The van der Waals surface area contributed by atoms with E-state index in [-0.39, 0.29) is 5.84 Å².